The van der Waals surface area contributed by atoms with Gasteiger partial charge in [-0.15, -0.1) is 5.10 Å². The molecular formula is C32H29N3O5. The zero-order chi connectivity index (χ0) is 27.7. The number of oxazole rings is 1. The Labute approximate surface area is 232 Å². The Morgan fingerprint density at radius 2 is 1.65 bits per heavy atom. The molecule has 0 amide bonds. The van der Waals surface area contributed by atoms with Gasteiger partial charge in [-0.3, -0.25) is 4.68 Å². The van der Waals surface area contributed by atoms with Crippen LogP contribution in [-0.2, 0) is 22.7 Å². The third kappa shape index (κ3) is 6.85. The van der Waals surface area contributed by atoms with Crippen molar-refractivity contribution in [2.24, 2.45) is 0 Å². The number of hydrogen-bond donors (Lipinski definition) is 0. The van der Waals surface area contributed by atoms with Crippen LogP contribution in [0.1, 0.15) is 29.5 Å². The maximum atomic E-state index is 11.9. The molecule has 202 valence electrons. The molecule has 5 aromatic rings. The third-order valence-electron chi connectivity index (χ3n) is 5.95. The van der Waals surface area contributed by atoms with Gasteiger partial charge in [0.25, 0.3) is 0 Å². The minimum absolute atomic E-state index is 0.158. The lowest BCUT2D eigenvalue weighted by Crippen LogP contribution is -2.02. The predicted molar refractivity (Wildman–Crippen MR) is 151 cm³/mol. The number of benzene rings is 3. The Bertz CT molecular complexity index is 1570. The highest BCUT2D eigenvalue weighted by atomic mass is 16.5. The van der Waals surface area contributed by atoms with Gasteiger partial charge in [-0.05, 0) is 61.9 Å². The second-order valence-electron chi connectivity index (χ2n) is 8.91. The normalized spacial score (nSPS) is 11.1. The fraction of sp³-hybridized carbons (Fsp3) is 0.156. The van der Waals surface area contributed by atoms with Gasteiger partial charge < -0.3 is 18.6 Å². The van der Waals surface area contributed by atoms with Crippen LogP contribution in [-0.4, -0.2) is 27.3 Å². The summed E-state index contributed by atoms with van der Waals surface area (Å²) >= 11 is 0. The zero-order valence-electron chi connectivity index (χ0n) is 22.3. The molecule has 0 bridgehead atoms. The fourth-order valence-electron chi connectivity index (χ4n) is 3.95. The minimum atomic E-state index is -0.435. The molecule has 0 N–H and O–H groups in total. The van der Waals surface area contributed by atoms with Crippen LogP contribution in [0.4, 0.5) is 0 Å². The SMILES string of the molecule is CCOC(=O)/C=C/c1cn(Cc2ccc(Oc3ccccc3)cc2)nc1OCc1nc(-c2ccccc2)oc1C. The number of ether oxygens (including phenoxy) is 3. The Morgan fingerprint density at radius 3 is 2.38 bits per heavy atom. The summed E-state index contributed by atoms with van der Waals surface area (Å²) < 4.78 is 24.6. The lowest BCUT2D eigenvalue weighted by molar-refractivity contribution is -0.137. The van der Waals surface area contributed by atoms with E-state index in [4.69, 9.17) is 18.6 Å². The number of para-hydroxylation sites is 1. The lowest BCUT2D eigenvalue weighted by atomic mass is 10.2. The van der Waals surface area contributed by atoms with Crippen LogP contribution in [0, 0.1) is 6.92 Å². The molecule has 0 unspecified atom stereocenters. The summed E-state index contributed by atoms with van der Waals surface area (Å²) in [6.07, 6.45) is 4.82. The molecule has 40 heavy (non-hydrogen) atoms. The summed E-state index contributed by atoms with van der Waals surface area (Å²) in [6, 6.07) is 27.1. The first-order chi connectivity index (χ1) is 19.6. The minimum Gasteiger partial charge on any atom is -0.470 e. The highest BCUT2D eigenvalue weighted by Gasteiger charge is 2.15. The Kier molecular flexibility index (Phi) is 8.36. The molecule has 2 heterocycles. The van der Waals surface area contributed by atoms with E-state index < -0.39 is 5.97 Å². The third-order valence-corrected chi connectivity index (χ3v) is 5.95. The lowest BCUT2D eigenvalue weighted by Gasteiger charge is -2.07. The zero-order valence-corrected chi connectivity index (χ0v) is 22.3. The highest BCUT2D eigenvalue weighted by molar-refractivity contribution is 5.87. The topological polar surface area (TPSA) is 88.6 Å². The standard InChI is InChI=1S/C32H29N3O5/c1-3-37-30(36)19-16-26-21-35(20-24-14-17-28(18-15-24)40-27-12-8-5-9-13-27)34-32(26)38-22-29-23(2)39-31(33-29)25-10-6-4-7-11-25/h4-19,21H,3,20,22H2,1-2H3/b19-16+. The predicted octanol–water partition coefficient (Wildman–Crippen LogP) is 6.84. The molecule has 3 aromatic carbocycles. The van der Waals surface area contributed by atoms with Crippen molar-refractivity contribution >= 4 is 12.0 Å². The maximum Gasteiger partial charge on any atom is 0.330 e. The van der Waals surface area contributed by atoms with Crippen molar-refractivity contribution in [3.8, 4) is 28.8 Å². The number of rotatable bonds is 11. The van der Waals surface area contributed by atoms with E-state index in [2.05, 4.69) is 10.1 Å². The van der Waals surface area contributed by atoms with Gasteiger partial charge in [0.2, 0.25) is 11.8 Å². The monoisotopic (exact) mass is 535 g/mol. The van der Waals surface area contributed by atoms with Crippen molar-refractivity contribution in [1.82, 2.24) is 14.8 Å². The van der Waals surface area contributed by atoms with Gasteiger partial charge in [0.05, 0.1) is 18.7 Å². The second-order valence-corrected chi connectivity index (χ2v) is 8.91. The van der Waals surface area contributed by atoms with Gasteiger partial charge in [0.15, 0.2) is 0 Å². The van der Waals surface area contributed by atoms with Crippen LogP contribution in [0.15, 0.2) is 102 Å². The summed E-state index contributed by atoms with van der Waals surface area (Å²) in [5.41, 5.74) is 3.22. The molecule has 8 heteroatoms. The molecule has 2 aromatic heterocycles. The van der Waals surface area contributed by atoms with Crippen molar-refractivity contribution in [1.29, 1.82) is 0 Å². The van der Waals surface area contributed by atoms with E-state index in [-0.39, 0.29) is 6.61 Å². The molecule has 0 saturated carbocycles. The first-order valence-electron chi connectivity index (χ1n) is 13.0. The molecular weight excluding hydrogens is 506 g/mol. The number of carbonyl (C=O) groups is 1. The Balaban J connectivity index is 1.31. The maximum absolute atomic E-state index is 11.9. The average molecular weight is 536 g/mol. The molecule has 0 aliphatic rings. The largest absolute Gasteiger partial charge is 0.470 e. The molecule has 0 spiro atoms. The molecule has 5 rings (SSSR count). The van der Waals surface area contributed by atoms with Gasteiger partial charge in [-0.25, -0.2) is 9.78 Å². The van der Waals surface area contributed by atoms with E-state index in [0.717, 1.165) is 22.6 Å². The number of carbonyl (C=O) groups excluding carboxylic acids is 1. The number of aryl methyl sites for hydroxylation is 1. The number of nitrogens with zero attached hydrogens (tertiary/aromatic N) is 3. The Morgan fingerprint density at radius 1 is 0.950 bits per heavy atom. The van der Waals surface area contributed by atoms with Gasteiger partial charge in [0.1, 0.15) is 29.6 Å². The van der Waals surface area contributed by atoms with Gasteiger partial charge >= 0.3 is 5.97 Å². The first-order valence-corrected chi connectivity index (χ1v) is 13.0. The summed E-state index contributed by atoms with van der Waals surface area (Å²) in [6.45, 7) is 4.56. The summed E-state index contributed by atoms with van der Waals surface area (Å²) in [7, 11) is 0. The first kappa shape index (κ1) is 26.5. The van der Waals surface area contributed by atoms with E-state index in [0.29, 0.717) is 41.9 Å². The second kappa shape index (κ2) is 12.6. The van der Waals surface area contributed by atoms with Crippen molar-refractivity contribution in [2.45, 2.75) is 27.0 Å². The van der Waals surface area contributed by atoms with Gasteiger partial charge in [0, 0.05) is 17.8 Å². The summed E-state index contributed by atoms with van der Waals surface area (Å²) in [4.78, 5) is 16.5. The average Bonchev–Trinajstić information content (AvgIpc) is 3.55. The number of esters is 1. The van der Waals surface area contributed by atoms with Crippen molar-refractivity contribution in [3.05, 3.63) is 120 Å². The highest BCUT2D eigenvalue weighted by Crippen LogP contribution is 2.25. The molecule has 0 radical (unpaired) electrons. The number of hydrogen-bond acceptors (Lipinski definition) is 7. The summed E-state index contributed by atoms with van der Waals surface area (Å²) in [5, 5.41) is 4.63. The molecule has 8 nitrogen and oxygen atoms in total. The smallest absolute Gasteiger partial charge is 0.330 e. The van der Waals surface area contributed by atoms with Gasteiger partial charge in [-0.2, -0.15) is 0 Å². The van der Waals surface area contributed by atoms with Crippen molar-refractivity contribution in [2.75, 3.05) is 6.61 Å². The van der Waals surface area contributed by atoms with E-state index in [1.807, 2.05) is 98.0 Å². The molecule has 0 aliphatic carbocycles. The molecule has 0 fully saturated rings. The summed E-state index contributed by atoms with van der Waals surface area (Å²) in [5.74, 6) is 2.66. The molecule has 0 atom stereocenters. The van der Waals surface area contributed by atoms with Crippen LogP contribution in [0.2, 0.25) is 0 Å². The van der Waals surface area contributed by atoms with E-state index in [1.165, 1.54) is 6.08 Å². The fourth-order valence-corrected chi connectivity index (χ4v) is 3.95. The van der Waals surface area contributed by atoms with Crippen LogP contribution in [0.5, 0.6) is 17.4 Å². The Hall–Kier alpha value is -5.11. The van der Waals surface area contributed by atoms with Crippen LogP contribution in [0.25, 0.3) is 17.5 Å². The quantitative estimate of drug-likeness (QED) is 0.135. The number of aromatic nitrogens is 3. The van der Waals surface area contributed by atoms with Crippen LogP contribution >= 0.6 is 0 Å². The van der Waals surface area contributed by atoms with Crippen molar-refractivity contribution < 1.29 is 23.4 Å². The molecule has 0 aliphatic heterocycles. The van der Waals surface area contributed by atoms with Crippen molar-refractivity contribution in [3.63, 3.8) is 0 Å². The van der Waals surface area contributed by atoms with E-state index >= 15 is 0 Å². The van der Waals surface area contributed by atoms with Gasteiger partial charge in [-0.1, -0.05) is 48.5 Å². The van der Waals surface area contributed by atoms with E-state index in [9.17, 15) is 4.79 Å². The van der Waals surface area contributed by atoms with E-state index in [1.54, 1.807) is 17.7 Å². The molecule has 0 saturated heterocycles. The van der Waals surface area contributed by atoms with Crippen LogP contribution < -0.4 is 9.47 Å². The van der Waals surface area contributed by atoms with Crippen LogP contribution in [0.3, 0.4) is 0 Å².